The van der Waals surface area contributed by atoms with Crippen LogP contribution < -0.4 is 5.56 Å². The predicted octanol–water partition coefficient (Wildman–Crippen LogP) is 1.05. The molecule has 0 unspecified atom stereocenters. The van der Waals surface area contributed by atoms with Crippen molar-refractivity contribution >= 4 is 5.91 Å². The van der Waals surface area contributed by atoms with Crippen LogP contribution in [0.25, 0.3) is 0 Å². The molecule has 6 heteroatoms. The maximum Gasteiger partial charge on any atom is 0.258 e. The van der Waals surface area contributed by atoms with Crippen molar-refractivity contribution in [2.45, 2.75) is 52.7 Å². The zero-order chi connectivity index (χ0) is 16.7. The molecule has 23 heavy (non-hydrogen) atoms. The summed E-state index contributed by atoms with van der Waals surface area (Å²) in [6, 6.07) is 0.539. The van der Waals surface area contributed by atoms with Gasteiger partial charge in [0.25, 0.3) is 5.56 Å². The van der Waals surface area contributed by atoms with E-state index >= 15 is 0 Å². The Balaban J connectivity index is 1.69. The van der Waals surface area contributed by atoms with Gasteiger partial charge in [0.15, 0.2) is 0 Å². The van der Waals surface area contributed by atoms with E-state index in [0.717, 1.165) is 31.6 Å². The number of hydrogen-bond acceptors (Lipinski definition) is 4. The van der Waals surface area contributed by atoms with Gasteiger partial charge in [-0.1, -0.05) is 0 Å². The number of fused-ring (bicyclic) bond motifs is 1. The second-order valence-electron chi connectivity index (χ2n) is 7.05. The minimum absolute atomic E-state index is 0.0163. The van der Waals surface area contributed by atoms with E-state index in [1.165, 1.54) is 0 Å². The highest BCUT2D eigenvalue weighted by atomic mass is 16.2. The fraction of sp³-hybridized carbons (Fsp3) is 0.706. The van der Waals surface area contributed by atoms with E-state index in [-0.39, 0.29) is 17.4 Å². The van der Waals surface area contributed by atoms with Crippen molar-refractivity contribution in [3.8, 4) is 0 Å². The van der Waals surface area contributed by atoms with Crippen molar-refractivity contribution in [3.05, 3.63) is 27.4 Å². The van der Waals surface area contributed by atoms with Gasteiger partial charge in [-0.3, -0.25) is 14.2 Å². The third-order valence-corrected chi connectivity index (χ3v) is 5.30. The number of nitrogens with zero attached hydrogens (tertiary/aromatic N) is 4. The molecule has 0 spiro atoms. The number of aryl methyl sites for hydroxylation is 1. The van der Waals surface area contributed by atoms with E-state index in [2.05, 4.69) is 23.7 Å². The molecule has 0 bridgehead atoms. The Bertz CT molecular complexity index is 672. The molecule has 6 nitrogen and oxygen atoms in total. The van der Waals surface area contributed by atoms with E-state index in [4.69, 9.17) is 0 Å². The average Bonchev–Trinajstić information content (AvgIpc) is 2.96. The Morgan fingerprint density at radius 3 is 2.48 bits per heavy atom. The Morgan fingerprint density at radius 1 is 1.22 bits per heavy atom. The van der Waals surface area contributed by atoms with Gasteiger partial charge in [-0.25, -0.2) is 4.98 Å². The minimum Gasteiger partial charge on any atom is -0.332 e. The Hall–Kier alpha value is -1.69. The summed E-state index contributed by atoms with van der Waals surface area (Å²) in [5.74, 6) is 0.976. The molecule has 0 N–H and O–H groups in total. The monoisotopic (exact) mass is 318 g/mol. The van der Waals surface area contributed by atoms with Gasteiger partial charge in [-0.05, 0) is 46.7 Å². The molecule has 1 aromatic rings. The zero-order valence-electron chi connectivity index (χ0n) is 14.5. The molecule has 3 heterocycles. The normalized spacial score (nSPS) is 19.4. The fourth-order valence-corrected chi connectivity index (χ4v) is 3.60. The number of likely N-dealkylation sites (tertiary alicyclic amines) is 1. The summed E-state index contributed by atoms with van der Waals surface area (Å²) < 4.78 is 1.56. The summed E-state index contributed by atoms with van der Waals surface area (Å²) >= 11 is 0. The lowest BCUT2D eigenvalue weighted by atomic mass is 9.94. The molecule has 126 valence electrons. The SMILES string of the molecule is Cc1nc2c(c(=O)n1C)CN(C(=O)C1CCN(C(C)C)CC1)C2. The van der Waals surface area contributed by atoms with E-state index in [1.807, 2.05) is 11.8 Å². The zero-order valence-corrected chi connectivity index (χ0v) is 14.5. The highest BCUT2D eigenvalue weighted by molar-refractivity contribution is 5.79. The van der Waals surface area contributed by atoms with Crippen LogP contribution in [0.5, 0.6) is 0 Å². The number of piperidine rings is 1. The molecular weight excluding hydrogens is 292 g/mol. The lowest BCUT2D eigenvalue weighted by molar-refractivity contribution is -0.137. The van der Waals surface area contributed by atoms with Gasteiger partial charge in [-0.15, -0.1) is 0 Å². The lowest BCUT2D eigenvalue weighted by Gasteiger charge is -2.35. The van der Waals surface area contributed by atoms with E-state index in [9.17, 15) is 9.59 Å². The topological polar surface area (TPSA) is 58.4 Å². The first-order chi connectivity index (χ1) is 10.9. The van der Waals surface area contributed by atoms with Crippen molar-refractivity contribution in [1.82, 2.24) is 19.4 Å². The average molecular weight is 318 g/mol. The first-order valence-electron chi connectivity index (χ1n) is 8.46. The van der Waals surface area contributed by atoms with Crippen LogP contribution in [0.15, 0.2) is 4.79 Å². The number of carbonyl (C=O) groups excluding carboxylic acids is 1. The van der Waals surface area contributed by atoms with Gasteiger partial charge in [0.1, 0.15) is 5.82 Å². The van der Waals surface area contributed by atoms with E-state index in [1.54, 1.807) is 11.6 Å². The summed E-state index contributed by atoms with van der Waals surface area (Å²) in [7, 11) is 1.73. The van der Waals surface area contributed by atoms with Gasteiger partial charge >= 0.3 is 0 Å². The Morgan fingerprint density at radius 2 is 1.87 bits per heavy atom. The highest BCUT2D eigenvalue weighted by Gasteiger charge is 2.34. The molecule has 0 atom stereocenters. The second-order valence-corrected chi connectivity index (χ2v) is 7.05. The maximum atomic E-state index is 12.8. The largest absolute Gasteiger partial charge is 0.332 e. The molecule has 2 aliphatic rings. The Labute approximate surface area is 137 Å². The van der Waals surface area contributed by atoms with Crippen LogP contribution >= 0.6 is 0 Å². The highest BCUT2D eigenvalue weighted by Crippen LogP contribution is 2.25. The van der Waals surface area contributed by atoms with Crippen molar-refractivity contribution < 1.29 is 4.79 Å². The van der Waals surface area contributed by atoms with Gasteiger partial charge in [-0.2, -0.15) is 0 Å². The molecule has 0 aliphatic carbocycles. The number of amides is 1. The summed E-state index contributed by atoms with van der Waals surface area (Å²) in [6.45, 7) is 9.08. The van der Waals surface area contributed by atoms with Crippen LogP contribution in [0.1, 0.15) is 43.8 Å². The molecule has 0 radical (unpaired) electrons. The van der Waals surface area contributed by atoms with E-state index < -0.39 is 0 Å². The molecule has 1 saturated heterocycles. The first-order valence-corrected chi connectivity index (χ1v) is 8.46. The molecule has 3 rings (SSSR count). The van der Waals surface area contributed by atoms with Crippen LogP contribution in [0.4, 0.5) is 0 Å². The minimum atomic E-state index is -0.0163. The molecule has 0 saturated carbocycles. The Kier molecular flexibility index (Phi) is 4.27. The first kappa shape index (κ1) is 16.2. The number of aromatic nitrogens is 2. The smallest absolute Gasteiger partial charge is 0.258 e. The van der Waals surface area contributed by atoms with Crippen LogP contribution in [0.3, 0.4) is 0 Å². The summed E-state index contributed by atoms with van der Waals surface area (Å²) in [5.41, 5.74) is 1.45. The van der Waals surface area contributed by atoms with E-state index in [0.29, 0.717) is 30.5 Å². The van der Waals surface area contributed by atoms with Gasteiger partial charge in [0.05, 0.1) is 24.3 Å². The van der Waals surface area contributed by atoms with Gasteiger partial charge < -0.3 is 9.80 Å². The summed E-state index contributed by atoms with van der Waals surface area (Å²) in [5, 5.41) is 0. The van der Waals surface area contributed by atoms with Gasteiger partial charge in [0.2, 0.25) is 5.91 Å². The molecular formula is C17H26N4O2. The van der Waals surface area contributed by atoms with Crippen LogP contribution in [0, 0.1) is 12.8 Å². The number of hydrogen-bond donors (Lipinski definition) is 0. The number of rotatable bonds is 2. The van der Waals surface area contributed by atoms with Crippen molar-refractivity contribution in [1.29, 1.82) is 0 Å². The van der Waals surface area contributed by atoms with Crippen molar-refractivity contribution in [3.63, 3.8) is 0 Å². The standard InChI is InChI=1S/C17H26N4O2/c1-11(2)20-7-5-13(6-8-20)16(22)21-9-14-15(10-21)18-12(3)19(4)17(14)23/h11,13H,5-10H2,1-4H3. The quantitative estimate of drug-likeness (QED) is 0.818. The molecule has 1 amide bonds. The number of carbonyl (C=O) groups is 1. The van der Waals surface area contributed by atoms with Gasteiger partial charge in [0, 0.05) is 19.0 Å². The summed E-state index contributed by atoms with van der Waals surface area (Å²) in [6.07, 6.45) is 1.82. The lowest BCUT2D eigenvalue weighted by Crippen LogP contribution is -2.43. The predicted molar refractivity (Wildman–Crippen MR) is 87.9 cm³/mol. The third kappa shape index (κ3) is 2.92. The molecule has 0 aromatic carbocycles. The van der Waals surface area contributed by atoms with Crippen molar-refractivity contribution in [2.24, 2.45) is 13.0 Å². The molecule has 1 aromatic heterocycles. The van der Waals surface area contributed by atoms with Crippen molar-refractivity contribution in [2.75, 3.05) is 13.1 Å². The van der Waals surface area contributed by atoms with Crippen LogP contribution in [-0.4, -0.2) is 44.4 Å². The van der Waals surface area contributed by atoms with Crippen LogP contribution in [-0.2, 0) is 24.9 Å². The third-order valence-electron chi connectivity index (χ3n) is 5.30. The maximum absolute atomic E-state index is 12.8. The second kappa shape index (κ2) is 6.07. The molecule has 1 fully saturated rings. The summed E-state index contributed by atoms with van der Waals surface area (Å²) in [4.78, 5) is 33.8. The van der Waals surface area contributed by atoms with Crippen LogP contribution in [0.2, 0.25) is 0 Å². The molecule has 2 aliphatic heterocycles. The fourth-order valence-electron chi connectivity index (χ4n) is 3.60.